The van der Waals surface area contributed by atoms with Crippen molar-refractivity contribution in [2.24, 2.45) is 0 Å². The predicted octanol–water partition coefficient (Wildman–Crippen LogP) is 1.19. The Bertz CT molecular complexity index is 698. The number of benzene rings is 1. The highest BCUT2D eigenvalue weighted by Gasteiger charge is 2.15. The number of aromatic nitrogens is 2. The zero-order valence-electron chi connectivity index (χ0n) is 10.6. The molecule has 0 bridgehead atoms. The summed E-state index contributed by atoms with van der Waals surface area (Å²) in [5.41, 5.74) is 1.41. The second-order valence-electron chi connectivity index (χ2n) is 3.81. The van der Waals surface area contributed by atoms with Crippen LogP contribution in [0.2, 0.25) is 0 Å². The first-order valence-corrected chi connectivity index (χ1v) is 8.07. The van der Waals surface area contributed by atoms with E-state index in [-0.39, 0.29) is 23.1 Å². The third kappa shape index (κ3) is 4.39. The highest BCUT2D eigenvalue weighted by molar-refractivity contribution is 7.93. The van der Waals surface area contributed by atoms with Gasteiger partial charge in [-0.15, -0.1) is 10.2 Å². The molecule has 21 heavy (non-hydrogen) atoms. The average molecular weight is 329 g/mol. The molecule has 112 valence electrons. The molecular formula is C11H11N3O5S2. The van der Waals surface area contributed by atoms with Crippen molar-refractivity contribution in [2.75, 3.05) is 11.3 Å². The van der Waals surface area contributed by atoms with Gasteiger partial charge in [0.1, 0.15) is 11.3 Å². The zero-order chi connectivity index (χ0) is 15.3. The van der Waals surface area contributed by atoms with E-state index in [0.717, 1.165) is 11.3 Å². The Morgan fingerprint density at radius 2 is 2.05 bits per heavy atom. The third-order valence-corrected chi connectivity index (χ3v) is 4.39. The van der Waals surface area contributed by atoms with Gasteiger partial charge in [-0.25, -0.2) is 8.42 Å². The maximum atomic E-state index is 12.0. The summed E-state index contributed by atoms with van der Waals surface area (Å²) in [5.74, 6) is -0.568. The standard InChI is InChI=1S/C11H11N3O5S2/c15-10(16)5-6-19-8-1-3-9(4-2-8)21(17,18)14-11-13-12-7-20-11/h1-4,7H,5-6H2,(H,13,14)(H,15,16). The number of nitrogens with zero attached hydrogens (tertiary/aromatic N) is 2. The maximum Gasteiger partial charge on any atom is 0.306 e. The van der Waals surface area contributed by atoms with Crippen LogP contribution in [0.15, 0.2) is 34.7 Å². The molecule has 0 radical (unpaired) electrons. The maximum absolute atomic E-state index is 12.0. The lowest BCUT2D eigenvalue weighted by molar-refractivity contribution is -0.137. The van der Waals surface area contributed by atoms with Crippen LogP contribution in [0.3, 0.4) is 0 Å². The van der Waals surface area contributed by atoms with E-state index in [4.69, 9.17) is 9.84 Å². The minimum Gasteiger partial charge on any atom is -0.493 e. The molecular weight excluding hydrogens is 318 g/mol. The fourth-order valence-electron chi connectivity index (χ4n) is 1.36. The normalized spacial score (nSPS) is 11.0. The monoisotopic (exact) mass is 329 g/mol. The molecule has 8 nitrogen and oxygen atoms in total. The minimum atomic E-state index is -3.73. The summed E-state index contributed by atoms with van der Waals surface area (Å²) in [4.78, 5) is 10.4. The van der Waals surface area contributed by atoms with Gasteiger partial charge in [0, 0.05) is 0 Å². The third-order valence-electron chi connectivity index (χ3n) is 2.30. The molecule has 2 aromatic rings. The molecule has 0 aliphatic carbocycles. The molecule has 0 saturated heterocycles. The second-order valence-corrected chi connectivity index (χ2v) is 6.33. The van der Waals surface area contributed by atoms with Crippen molar-refractivity contribution in [2.45, 2.75) is 11.3 Å². The first-order chi connectivity index (χ1) is 9.97. The van der Waals surface area contributed by atoms with Crippen molar-refractivity contribution in [3.8, 4) is 5.75 Å². The minimum absolute atomic E-state index is 0.0183. The van der Waals surface area contributed by atoms with Gasteiger partial charge in [-0.05, 0) is 24.3 Å². The summed E-state index contributed by atoms with van der Waals surface area (Å²) in [6, 6.07) is 5.63. The number of rotatable bonds is 7. The van der Waals surface area contributed by atoms with E-state index in [1.807, 2.05) is 0 Å². The van der Waals surface area contributed by atoms with Crippen LogP contribution < -0.4 is 9.46 Å². The number of hydrogen-bond acceptors (Lipinski definition) is 7. The van der Waals surface area contributed by atoms with E-state index in [9.17, 15) is 13.2 Å². The quantitative estimate of drug-likeness (QED) is 0.783. The molecule has 10 heteroatoms. The zero-order valence-corrected chi connectivity index (χ0v) is 12.2. The molecule has 1 aromatic heterocycles. The molecule has 0 aliphatic heterocycles. The van der Waals surface area contributed by atoms with Gasteiger partial charge < -0.3 is 9.84 Å². The average Bonchev–Trinajstić information content (AvgIpc) is 2.91. The number of hydrogen-bond donors (Lipinski definition) is 2. The Morgan fingerprint density at radius 1 is 1.33 bits per heavy atom. The summed E-state index contributed by atoms with van der Waals surface area (Å²) in [5, 5.41) is 15.8. The molecule has 0 unspecified atom stereocenters. The molecule has 1 heterocycles. The lowest BCUT2D eigenvalue weighted by Gasteiger charge is -2.07. The Labute approximate surface area is 124 Å². The highest BCUT2D eigenvalue weighted by Crippen LogP contribution is 2.19. The van der Waals surface area contributed by atoms with Crippen LogP contribution in [0, 0.1) is 0 Å². The lowest BCUT2D eigenvalue weighted by atomic mass is 10.3. The van der Waals surface area contributed by atoms with Crippen LogP contribution in [0.1, 0.15) is 6.42 Å². The summed E-state index contributed by atoms with van der Waals surface area (Å²) in [7, 11) is -3.73. The molecule has 2 rings (SSSR count). The molecule has 0 amide bonds. The van der Waals surface area contributed by atoms with Crippen LogP contribution >= 0.6 is 11.3 Å². The van der Waals surface area contributed by atoms with Gasteiger partial charge in [0.25, 0.3) is 10.0 Å². The molecule has 1 aromatic carbocycles. The number of sulfonamides is 1. The van der Waals surface area contributed by atoms with Gasteiger partial charge in [0.15, 0.2) is 0 Å². The smallest absolute Gasteiger partial charge is 0.306 e. The molecule has 0 fully saturated rings. The van der Waals surface area contributed by atoms with Gasteiger partial charge in [-0.3, -0.25) is 9.52 Å². The first kappa shape index (κ1) is 15.2. The lowest BCUT2D eigenvalue weighted by Crippen LogP contribution is -2.12. The van der Waals surface area contributed by atoms with Gasteiger partial charge in [-0.2, -0.15) is 0 Å². The number of ether oxygens (including phenoxy) is 1. The van der Waals surface area contributed by atoms with E-state index < -0.39 is 16.0 Å². The predicted molar refractivity (Wildman–Crippen MR) is 74.9 cm³/mol. The number of nitrogens with one attached hydrogen (secondary N) is 1. The number of anilines is 1. The fraction of sp³-hybridized carbons (Fsp3) is 0.182. The van der Waals surface area contributed by atoms with E-state index in [1.165, 1.54) is 29.8 Å². The van der Waals surface area contributed by atoms with Crippen molar-refractivity contribution < 1.29 is 23.1 Å². The van der Waals surface area contributed by atoms with Crippen molar-refractivity contribution >= 4 is 32.5 Å². The van der Waals surface area contributed by atoms with E-state index in [1.54, 1.807) is 0 Å². The van der Waals surface area contributed by atoms with Crippen molar-refractivity contribution in [1.29, 1.82) is 0 Å². The molecule has 0 atom stereocenters. The van der Waals surface area contributed by atoms with Crippen LogP contribution in [0.25, 0.3) is 0 Å². The first-order valence-electron chi connectivity index (χ1n) is 5.71. The number of carbonyl (C=O) groups is 1. The molecule has 0 spiro atoms. The number of aliphatic carboxylic acids is 1. The number of carboxylic acid groups (broad SMARTS) is 1. The van der Waals surface area contributed by atoms with E-state index in [0.29, 0.717) is 5.75 Å². The van der Waals surface area contributed by atoms with Crippen LogP contribution in [0.4, 0.5) is 5.13 Å². The van der Waals surface area contributed by atoms with Crippen molar-refractivity contribution in [1.82, 2.24) is 10.2 Å². The van der Waals surface area contributed by atoms with Gasteiger partial charge in [0.2, 0.25) is 5.13 Å². The Kier molecular flexibility index (Phi) is 4.70. The second kappa shape index (κ2) is 6.50. The highest BCUT2D eigenvalue weighted by atomic mass is 32.2. The summed E-state index contributed by atoms with van der Waals surface area (Å²) >= 11 is 1.07. The summed E-state index contributed by atoms with van der Waals surface area (Å²) in [6.45, 7) is 0.0183. The van der Waals surface area contributed by atoms with Gasteiger partial charge in [-0.1, -0.05) is 11.3 Å². The van der Waals surface area contributed by atoms with E-state index in [2.05, 4.69) is 14.9 Å². The molecule has 0 aliphatic rings. The van der Waals surface area contributed by atoms with Gasteiger partial charge >= 0.3 is 5.97 Å². The Morgan fingerprint density at radius 3 is 2.62 bits per heavy atom. The Hall–Kier alpha value is -2.20. The fourth-order valence-corrected chi connectivity index (χ4v) is 3.06. The van der Waals surface area contributed by atoms with E-state index >= 15 is 0 Å². The number of carboxylic acids is 1. The SMILES string of the molecule is O=C(O)CCOc1ccc(S(=O)(=O)Nc2nncs2)cc1. The molecule has 2 N–H and O–H groups in total. The van der Waals surface area contributed by atoms with Crippen LogP contribution in [-0.4, -0.2) is 36.3 Å². The van der Waals surface area contributed by atoms with Crippen molar-refractivity contribution in [3.05, 3.63) is 29.8 Å². The largest absolute Gasteiger partial charge is 0.493 e. The van der Waals surface area contributed by atoms with Crippen molar-refractivity contribution in [3.63, 3.8) is 0 Å². The van der Waals surface area contributed by atoms with Gasteiger partial charge in [0.05, 0.1) is 17.9 Å². The van der Waals surface area contributed by atoms with Crippen LogP contribution in [-0.2, 0) is 14.8 Å². The topological polar surface area (TPSA) is 118 Å². The molecule has 0 saturated carbocycles. The van der Waals surface area contributed by atoms with Crippen LogP contribution in [0.5, 0.6) is 5.75 Å². The summed E-state index contributed by atoms with van der Waals surface area (Å²) in [6.07, 6.45) is -0.126. The summed E-state index contributed by atoms with van der Waals surface area (Å²) < 4.78 is 31.5. The Balaban J connectivity index is 2.02.